The van der Waals surface area contributed by atoms with Gasteiger partial charge in [-0.05, 0) is 85.0 Å². The van der Waals surface area contributed by atoms with Crippen LogP contribution in [-0.2, 0) is 23.1 Å². The van der Waals surface area contributed by atoms with Gasteiger partial charge in [0.25, 0.3) is 0 Å². The lowest BCUT2D eigenvalue weighted by molar-refractivity contribution is -0.143. The third-order valence-corrected chi connectivity index (χ3v) is 9.20. The van der Waals surface area contributed by atoms with Crippen LogP contribution < -0.4 is 4.74 Å². The van der Waals surface area contributed by atoms with E-state index in [-0.39, 0.29) is 36.3 Å². The van der Waals surface area contributed by atoms with Crippen LogP contribution in [0, 0.1) is 6.92 Å². The number of nitrogens with zero attached hydrogens (tertiary/aromatic N) is 5. The Morgan fingerprint density at radius 2 is 2.05 bits per heavy atom. The Labute approximate surface area is 248 Å². The van der Waals surface area contributed by atoms with Crippen LogP contribution in [-0.4, -0.2) is 55.2 Å². The highest BCUT2D eigenvalue weighted by atomic mass is 32.1. The predicted octanol–water partition coefficient (Wildman–Crippen LogP) is 6.02. The number of pyridine rings is 1. The zero-order chi connectivity index (χ0) is 29.5. The summed E-state index contributed by atoms with van der Waals surface area (Å²) in [6, 6.07) is 14.0. The zero-order valence-corrected chi connectivity index (χ0v) is 25.3. The lowest BCUT2D eigenvalue weighted by Gasteiger charge is -2.28. The van der Waals surface area contributed by atoms with Gasteiger partial charge in [0, 0.05) is 36.8 Å². The molecule has 218 valence electrons. The van der Waals surface area contributed by atoms with E-state index in [9.17, 15) is 9.90 Å². The summed E-state index contributed by atoms with van der Waals surface area (Å²) in [4.78, 5) is 19.7. The maximum absolute atomic E-state index is 13.0. The molecule has 1 aliphatic rings. The smallest absolute Gasteiger partial charge is 0.306 e. The summed E-state index contributed by atoms with van der Waals surface area (Å²) < 4.78 is 14.6. The van der Waals surface area contributed by atoms with Crippen LogP contribution in [0.1, 0.15) is 67.1 Å². The van der Waals surface area contributed by atoms with Crippen LogP contribution in [0.3, 0.4) is 0 Å². The molecule has 3 atom stereocenters. The van der Waals surface area contributed by atoms with Crippen molar-refractivity contribution in [2.45, 2.75) is 58.7 Å². The van der Waals surface area contributed by atoms with Crippen molar-refractivity contribution in [3.8, 4) is 11.6 Å². The molecule has 0 spiro atoms. The highest BCUT2D eigenvalue weighted by Crippen LogP contribution is 2.39. The molecule has 0 unspecified atom stereocenters. The maximum Gasteiger partial charge on any atom is 0.306 e. The Hall–Kier alpha value is -4.02. The van der Waals surface area contributed by atoms with E-state index in [1.54, 1.807) is 28.2 Å². The minimum Gasteiger partial charge on any atom is -0.493 e. The molecule has 3 aromatic heterocycles. The maximum atomic E-state index is 13.0. The molecule has 0 saturated heterocycles. The van der Waals surface area contributed by atoms with E-state index in [2.05, 4.69) is 70.6 Å². The van der Waals surface area contributed by atoms with Gasteiger partial charge in [-0.25, -0.2) is 9.67 Å². The van der Waals surface area contributed by atoms with E-state index in [1.807, 2.05) is 20.0 Å². The number of aromatic hydroxyl groups is 1. The first-order valence-electron chi connectivity index (χ1n) is 14.3. The number of hydrogen-bond acceptors (Lipinski definition) is 9. The summed E-state index contributed by atoms with van der Waals surface area (Å²) in [5.74, 6) is 0.234. The lowest BCUT2D eigenvalue weighted by Crippen LogP contribution is -2.33. The predicted molar refractivity (Wildman–Crippen MR) is 163 cm³/mol. The summed E-state index contributed by atoms with van der Waals surface area (Å²) in [6.07, 6.45) is 0.164. The topological polar surface area (TPSA) is 103 Å². The minimum absolute atomic E-state index is 0.0152. The molecule has 0 saturated carbocycles. The van der Waals surface area contributed by atoms with Gasteiger partial charge >= 0.3 is 5.97 Å². The molecule has 0 radical (unpaired) electrons. The molecule has 1 N–H and O–H groups in total. The van der Waals surface area contributed by atoms with E-state index < -0.39 is 0 Å². The van der Waals surface area contributed by atoms with E-state index in [0.717, 1.165) is 38.8 Å². The van der Waals surface area contributed by atoms with Crippen LogP contribution in [0.25, 0.3) is 21.1 Å². The van der Waals surface area contributed by atoms with E-state index in [0.29, 0.717) is 25.4 Å². The average molecular weight is 586 g/mol. The van der Waals surface area contributed by atoms with Gasteiger partial charge in [0.05, 0.1) is 24.6 Å². The van der Waals surface area contributed by atoms with Gasteiger partial charge in [-0.2, -0.15) is 0 Å². The lowest BCUT2D eigenvalue weighted by atomic mass is 9.84. The number of hydrogen-bond donors (Lipinski definition) is 1. The number of ether oxygens (including phenoxy) is 2. The number of aryl methyl sites for hydroxylation is 2. The highest BCUT2D eigenvalue weighted by Gasteiger charge is 2.30. The number of fused-ring (bicyclic) bond motifs is 3. The number of rotatable bonds is 7. The van der Waals surface area contributed by atoms with Crippen molar-refractivity contribution in [2.24, 2.45) is 7.05 Å². The number of aromatic nitrogens is 4. The molecule has 0 aliphatic carbocycles. The molecule has 2 aromatic carbocycles. The van der Waals surface area contributed by atoms with Crippen LogP contribution in [0.15, 0.2) is 47.8 Å². The van der Waals surface area contributed by atoms with Gasteiger partial charge in [0.2, 0.25) is 5.88 Å². The highest BCUT2D eigenvalue weighted by molar-refractivity contribution is 7.17. The second-order valence-electron chi connectivity index (χ2n) is 11.0. The minimum atomic E-state index is -0.234. The van der Waals surface area contributed by atoms with E-state index in [1.165, 1.54) is 10.3 Å². The Bertz CT molecular complexity index is 1780. The molecule has 6 rings (SSSR count). The second kappa shape index (κ2) is 11.3. The monoisotopic (exact) mass is 585 g/mol. The molecule has 5 aromatic rings. The summed E-state index contributed by atoms with van der Waals surface area (Å²) >= 11 is 1.72. The summed E-state index contributed by atoms with van der Waals surface area (Å²) in [5, 5.41) is 22.0. The summed E-state index contributed by atoms with van der Waals surface area (Å²) in [7, 11) is 1.88. The van der Waals surface area contributed by atoms with E-state index >= 15 is 0 Å². The van der Waals surface area contributed by atoms with Crippen molar-refractivity contribution in [2.75, 3.05) is 13.2 Å². The molecule has 42 heavy (non-hydrogen) atoms. The largest absolute Gasteiger partial charge is 0.493 e. The van der Waals surface area contributed by atoms with Crippen LogP contribution in [0.4, 0.5) is 0 Å². The molecule has 9 nitrogen and oxygen atoms in total. The standard InChI is InChI=1S/C32H35N5O4S/c1-6-40-29(39)15-25(24-7-8-26-30(19(24)3)34-35-36(26)5)22-13-21-11-12-42-32(21)23(14-22)17-37-16-18(2)41-27-9-10-28(38)33-31(27)20(37)4/h7-14,18,20,25H,6,15-17H2,1-5H3,(H,33,38)/t18-,20+,25+/m1/s1. The molecule has 1 aliphatic heterocycles. The number of carbonyl (C=O) groups excluding carboxylic acids is 1. The fourth-order valence-electron chi connectivity index (χ4n) is 6.11. The summed E-state index contributed by atoms with van der Waals surface area (Å²) in [6.45, 7) is 9.73. The van der Waals surface area contributed by atoms with Crippen LogP contribution in [0.2, 0.25) is 0 Å². The second-order valence-corrected chi connectivity index (χ2v) is 11.9. The van der Waals surface area contributed by atoms with Crippen molar-refractivity contribution >= 4 is 38.4 Å². The van der Waals surface area contributed by atoms with Gasteiger partial charge in [-0.1, -0.05) is 17.3 Å². The van der Waals surface area contributed by atoms with Crippen molar-refractivity contribution < 1.29 is 19.4 Å². The zero-order valence-electron chi connectivity index (χ0n) is 24.5. The van der Waals surface area contributed by atoms with Gasteiger partial charge in [-0.15, -0.1) is 16.4 Å². The van der Waals surface area contributed by atoms with Gasteiger partial charge in [0.1, 0.15) is 23.1 Å². The quantitative estimate of drug-likeness (QED) is 0.231. The van der Waals surface area contributed by atoms with E-state index in [4.69, 9.17) is 9.47 Å². The normalized spacial score (nSPS) is 18.0. The number of thiophene rings is 1. The molecule has 0 fully saturated rings. The SMILES string of the molecule is CCOC(=O)C[C@@H](c1cc(CN2C[C@@H](C)Oc3ccc(O)nc3[C@@H]2C)c2sccc2c1)c1ccc2c(nnn2C)c1C. The molecule has 10 heteroatoms. The van der Waals surface area contributed by atoms with Crippen LogP contribution in [0.5, 0.6) is 11.6 Å². The third kappa shape index (κ3) is 5.20. The van der Waals surface area contributed by atoms with Crippen molar-refractivity contribution in [1.29, 1.82) is 0 Å². The Morgan fingerprint density at radius 1 is 1.21 bits per heavy atom. The van der Waals surface area contributed by atoms with Crippen LogP contribution >= 0.6 is 11.3 Å². The summed E-state index contributed by atoms with van der Waals surface area (Å²) in [5.41, 5.74) is 6.79. The number of carbonyl (C=O) groups is 1. The molecule has 0 amide bonds. The first-order valence-corrected chi connectivity index (χ1v) is 15.2. The van der Waals surface area contributed by atoms with Crippen molar-refractivity contribution in [1.82, 2.24) is 24.9 Å². The Balaban J connectivity index is 1.44. The van der Waals surface area contributed by atoms with Gasteiger partial charge in [-0.3, -0.25) is 9.69 Å². The Morgan fingerprint density at radius 3 is 2.86 bits per heavy atom. The fourth-order valence-corrected chi connectivity index (χ4v) is 7.00. The number of benzene rings is 2. The van der Waals surface area contributed by atoms with Gasteiger partial charge < -0.3 is 14.6 Å². The molecule has 4 heterocycles. The van der Waals surface area contributed by atoms with Gasteiger partial charge in [0.15, 0.2) is 0 Å². The third-order valence-electron chi connectivity index (χ3n) is 8.19. The fraction of sp³-hybridized carbons (Fsp3) is 0.375. The van der Waals surface area contributed by atoms with Crippen molar-refractivity contribution in [3.05, 3.63) is 75.8 Å². The first kappa shape index (κ1) is 28.1. The molecule has 0 bridgehead atoms. The first-order chi connectivity index (χ1) is 20.2. The average Bonchev–Trinajstić information content (AvgIpc) is 3.57. The Kier molecular flexibility index (Phi) is 7.59. The van der Waals surface area contributed by atoms with Crippen molar-refractivity contribution in [3.63, 3.8) is 0 Å². The molecular weight excluding hydrogens is 550 g/mol. The molecular formula is C32H35N5O4S. The number of esters is 1.